The van der Waals surface area contributed by atoms with E-state index in [4.69, 9.17) is 0 Å². The zero-order valence-corrected chi connectivity index (χ0v) is 23.2. The molecule has 3 aliphatic heterocycles. The number of aliphatic hydroxyl groups excluding tert-OH is 2. The van der Waals surface area contributed by atoms with Gasteiger partial charge in [0, 0.05) is 30.7 Å². The minimum atomic E-state index is -4.81. The van der Waals surface area contributed by atoms with Gasteiger partial charge < -0.3 is 25.2 Å². The molecule has 5 rings (SSSR count). The lowest BCUT2D eigenvalue weighted by molar-refractivity contribution is -0.274. The van der Waals surface area contributed by atoms with Gasteiger partial charge in [0.05, 0.1) is 40.9 Å². The van der Waals surface area contributed by atoms with Crippen LogP contribution in [0, 0.1) is 13.8 Å². The number of aromatic nitrogens is 2. The van der Waals surface area contributed by atoms with Crippen molar-refractivity contribution in [2.24, 2.45) is 0 Å². The third-order valence-corrected chi connectivity index (χ3v) is 9.06. The number of nitrogens with one attached hydrogen (secondary N) is 1. The second-order valence-corrected chi connectivity index (χ2v) is 11.6. The number of likely N-dealkylation sites (tertiary alicyclic amines) is 2. The van der Waals surface area contributed by atoms with Gasteiger partial charge in [-0.2, -0.15) is 5.10 Å². The first-order valence-corrected chi connectivity index (χ1v) is 13.9. The summed E-state index contributed by atoms with van der Waals surface area (Å²) >= 11 is 0. The first-order valence-electron chi connectivity index (χ1n) is 13.9. The molecule has 4 heterocycles. The molecule has 3 N–H and O–H groups in total. The highest BCUT2D eigenvalue weighted by Gasteiger charge is 2.56. The van der Waals surface area contributed by atoms with E-state index >= 15 is 0 Å². The van der Waals surface area contributed by atoms with Crippen LogP contribution in [0.3, 0.4) is 0 Å². The fraction of sp³-hybridized carbons (Fsp3) is 0.643. The van der Waals surface area contributed by atoms with Crippen molar-refractivity contribution >= 4 is 5.91 Å². The molecule has 12 heteroatoms. The summed E-state index contributed by atoms with van der Waals surface area (Å²) in [7, 11) is 0. The molecule has 3 saturated heterocycles. The van der Waals surface area contributed by atoms with Gasteiger partial charge in [-0.05, 0) is 78.1 Å². The lowest BCUT2D eigenvalue weighted by Crippen LogP contribution is -2.67. The average Bonchev–Trinajstić information content (AvgIpc) is 3.69. The Morgan fingerprint density at radius 3 is 2.70 bits per heavy atom. The van der Waals surface area contributed by atoms with Gasteiger partial charge in [0.25, 0.3) is 5.91 Å². The number of hydrogen-bond acceptors (Lipinski definition) is 7. The molecule has 2 aromatic rings. The van der Waals surface area contributed by atoms with Crippen LogP contribution < -0.4 is 10.1 Å². The molecular formula is C28H38F3N5O4. The number of rotatable bonds is 7. The molecule has 4 unspecified atom stereocenters. The fourth-order valence-corrected chi connectivity index (χ4v) is 7.12. The number of amides is 1. The molecule has 4 atom stereocenters. The molecule has 1 aromatic carbocycles. The summed E-state index contributed by atoms with van der Waals surface area (Å²) in [4.78, 5) is 17.7. The Morgan fingerprint density at radius 2 is 2.02 bits per heavy atom. The van der Waals surface area contributed by atoms with Crippen LogP contribution >= 0.6 is 0 Å². The minimum absolute atomic E-state index is 0.00916. The molecule has 0 bridgehead atoms. The Bertz CT molecular complexity index is 1250. The molecule has 3 aliphatic rings. The zero-order chi connectivity index (χ0) is 28.9. The molecule has 0 radical (unpaired) electrons. The largest absolute Gasteiger partial charge is 0.573 e. The summed E-state index contributed by atoms with van der Waals surface area (Å²) < 4.78 is 43.7. The van der Waals surface area contributed by atoms with Crippen molar-refractivity contribution in [3.8, 4) is 11.4 Å². The van der Waals surface area contributed by atoms with Crippen molar-refractivity contribution in [3.05, 3.63) is 41.2 Å². The Morgan fingerprint density at radius 1 is 1.25 bits per heavy atom. The fourth-order valence-electron chi connectivity index (χ4n) is 7.12. The summed E-state index contributed by atoms with van der Waals surface area (Å²) in [6, 6.07) is 5.49. The minimum Gasteiger partial charge on any atom is -0.406 e. The highest BCUT2D eigenvalue weighted by atomic mass is 19.4. The molecule has 220 valence electrons. The van der Waals surface area contributed by atoms with Gasteiger partial charge in [-0.15, -0.1) is 13.2 Å². The molecule has 40 heavy (non-hydrogen) atoms. The third-order valence-electron chi connectivity index (χ3n) is 9.06. The van der Waals surface area contributed by atoms with Gasteiger partial charge in [-0.25, -0.2) is 4.68 Å². The number of halogens is 3. The van der Waals surface area contributed by atoms with E-state index in [1.54, 1.807) is 24.8 Å². The Kier molecular flexibility index (Phi) is 7.66. The van der Waals surface area contributed by atoms with Crippen LogP contribution in [-0.4, -0.2) is 98.1 Å². The first-order chi connectivity index (χ1) is 18.9. The monoisotopic (exact) mass is 565 g/mol. The molecule has 0 saturated carbocycles. The van der Waals surface area contributed by atoms with Crippen LogP contribution in [0.15, 0.2) is 24.3 Å². The topological polar surface area (TPSA) is 103 Å². The second kappa shape index (κ2) is 10.6. The summed E-state index contributed by atoms with van der Waals surface area (Å²) in [6.45, 7) is 7.86. The van der Waals surface area contributed by atoms with E-state index in [1.165, 1.54) is 22.9 Å². The highest BCUT2D eigenvalue weighted by molar-refractivity contribution is 5.96. The maximum Gasteiger partial charge on any atom is 0.573 e. The number of hydrogen-bond donors (Lipinski definition) is 3. The Balaban J connectivity index is 1.34. The number of carbonyl (C=O) groups is 1. The molecule has 3 fully saturated rings. The van der Waals surface area contributed by atoms with Crippen LogP contribution in [0.1, 0.15) is 60.8 Å². The zero-order valence-electron chi connectivity index (χ0n) is 23.2. The normalized spacial score (nSPS) is 28.4. The lowest BCUT2D eigenvalue weighted by atomic mass is 9.77. The van der Waals surface area contributed by atoms with Crippen molar-refractivity contribution in [2.75, 3.05) is 32.8 Å². The number of nitrogens with zero attached hydrogens (tertiary/aromatic N) is 4. The summed E-state index contributed by atoms with van der Waals surface area (Å²) in [5.41, 5.74) is 0.542. The number of aryl methyl sites for hydroxylation is 1. The van der Waals surface area contributed by atoms with Crippen molar-refractivity contribution in [2.45, 2.75) is 82.5 Å². The molecule has 0 spiro atoms. The van der Waals surface area contributed by atoms with Gasteiger partial charge in [0.1, 0.15) is 5.75 Å². The van der Waals surface area contributed by atoms with Crippen molar-refractivity contribution in [1.82, 2.24) is 24.9 Å². The van der Waals surface area contributed by atoms with E-state index < -0.39 is 23.5 Å². The highest BCUT2D eigenvalue weighted by Crippen LogP contribution is 2.42. The molecule has 0 aliphatic carbocycles. The first kappa shape index (κ1) is 28.8. The summed E-state index contributed by atoms with van der Waals surface area (Å²) in [6.07, 6.45) is -1.48. The number of carbonyl (C=O) groups excluding carboxylic acids is 1. The number of aliphatic hydroxyl groups is 2. The van der Waals surface area contributed by atoms with Gasteiger partial charge in [-0.3, -0.25) is 9.69 Å². The van der Waals surface area contributed by atoms with Gasteiger partial charge in [0.2, 0.25) is 0 Å². The van der Waals surface area contributed by atoms with E-state index in [-0.39, 0.29) is 24.3 Å². The van der Waals surface area contributed by atoms with Gasteiger partial charge >= 0.3 is 6.36 Å². The predicted molar refractivity (Wildman–Crippen MR) is 141 cm³/mol. The molecular weight excluding hydrogens is 527 g/mol. The van der Waals surface area contributed by atoms with E-state index in [9.17, 15) is 28.2 Å². The number of ether oxygens (including phenoxy) is 1. The lowest BCUT2D eigenvalue weighted by Gasteiger charge is -2.49. The quantitative estimate of drug-likeness (QED) is 0.475. The SMILES string of the molecule is Cc1nn(-c2cccc(OC(F)(F)F)c2)c(C)c1C(=O)N1CCC(N2CCCC2(CO)C(O)C2(C)CCCN2)C1. The van der Waals surface area contributed by atoms with Gasteiger partial charge in [-0.1, -0.05) is 6.07 Å². The average molecular weight is 566 g/mol. The van der Waals surface area contributed by atoms with Gasteiger partial charge in [0.15, 0.2) is 0 Å². The van der Waals surface area contributed by atoms with Crippen molar-refractivity contribution in [1.29, 1.82) is 0 Å². The molecule has 1 amide bonds. The van der Waals surface area contributed by atoms with Crippen LogP contribution in [0.2, 0.25) is 0 Å². The van der Waals surface area contributed by atoms with Crippen LogP contribution in [0.25, 0.3) is 5.69 Å². The van der Waals surface area contributed by atoms with Crippen molar-refractivity contribution < 1.29 is 32.9 Å². The number of alkyl halides is 3. The summed E-state index contributed by atoms with van der Waals surface area (Å²) in [5.74, 6) is -0.556. The van der Waals surface area contributed by atoms with Crippen LogP contribution in [0.5, 0.6) is 5.75 Å². The Labute approximate surface area is 231 Å². The third kappa shape index (κ3) is 5.10. The maximum atomic E-state index is 13.7. The van der Waals surface area contributed by atoms with Crippen LogP contribution in [-0.2, 0) is 0 Å². The van der Waals surface area contributed by atoms with Crippen molar-refractivity contribution in [3.63, 3.8) is 0 Å². The maximum absolute atomic E-state index is 13.7. The van der Waals surface area contributed by atoms with E-state index in [0.29, 0.717) is 48.6 Å². The number of benzene rings is 1. The smallest absolute Gasteiger partial charge is 0.406 e. The van der Waals surface area contributed by atoms with E-state index in [0.717, 1.165) is 32.4 Å². The molecule has 9 nitrogen and oxygen atoms in total. The predicted octanol–water partition coefficient (Wildman–Crippen LogP) is 2.93. The van der Waals surface area contributed by atoms with E-state index in [1.807, 2.05) is 6.92 Å². The van der Waals surface area contributed by atoms with Crippen LogP contribution in [0.4, 0.5) is 13.2 Å². The Hall–Kier alpha value is -2.67. The van der Waals surface area contributed by atoms with E-state index in [2.05, 4.69) is 20.1 Å². The second-order valence-electron chi connectivity index (χ2n) is 11.6. The standard InChI is InChI=1S/C28H38F3N5O4/c1-18-23(19(2)36(33-18)20-7-4-8-22(15-20)40-28(29,30)31)24(38)34-14-9-21(16-34)35-13-6-11-27(35,17-37)25(39)26(3)10-5-12-32-26/h4,7-8,15,21,25,32,37,39H,5-6,9-14,16-17H2,1-3H3. The molecule has 1 aromatic heterocycles. The summed E-state index contributed by atoms with van der Waals surface area (Å²) in [5, 5.41) is 30.1.